The van der Waals surface area contributed by atoms with Crippen molar-refractivity contribution in [2.24, 2.45) is 0 Å². The number of carboxylic acid groups (broad SMARTS) is 1. The first kappa shape index (κ1) is 28.0. The third-order valence-corrected chi connectivity index (χ3v) is 3.79. The van der Waals surface area contributed by atoms with Gasteiger partial charge in [-0.15, -0.1) is 0 Å². The summed E-state index contributed by atoms with van der Waals surface area (Å²) in [6, 6.07) is -1.51. The van der Waals surface area contributed by atoms with E-state index in [0.717, 1.165) is 36.8 Å². The fourth-order valence-electron chi connectivity index (χ4n) is 2.43. The summed E-state index contributed by atoms with van der Waals surface area (Å²) in [4.78, 5) is 49.2. The van der Waals surface area contributed by atoms with Crippen LogP contribution in [0.2, 0.25) is 0 Å². The molecule has 0 fully saturated rings. The number of carboxylic acids is 1. The van der Waals surface area contributed by atoms with E-state index in [1.54, 1.807) is 6.92 Å². The van der Waals surface area contributed by atoms with Crippen LogP contribution in [-0.4, -0.2) is 34.7 Å². The van der Waals surface area contributed by atoms with Crippen molar-refractivity contribution in [3.63, 3.8) is 0 Å². The molecule has 0 saturated carbocycles. The number of aliphatic carboxylic acids is 1. The third-order valence-electron chi connectivity index (χ3n) is 3.79. The summed E-state index contributed by atoms with van der Waals surface area (Å²) in [6.45, 7) is 5.57. The molecule has 27 heavy (non-hydrogen) atoms. The van der Waals surface area contributed by atoms with Gasteiger partial charge in [0, 0.05) is 25.2 Å². The van der Waals surface area contributed by atoms with Gasteiger partial charge in [0.1, 0.15) is 6.04 Å². The van der Waals surface area contributed by atoms with Crippen molar-refractivity contribution < 1.29 is 58.6 Å². The summed E-state index contributed by atoms with van der Waals surface area (Å²) in [5, 5.41) is 11.1. The van der Waals surface area contributed by atoms with Crippen molar-refractivity contribution in [3.8, 4) is 0 Å². The number of unbranched alkanes of at least 4 members (excludes halogenated alkanes) is 4. The van der Waals surface area contributed by atoms with E-state index < -0.39 is 36.2 Å². The first-order chi connectivity index (χ1) is 12.4. The first-order valence-electron chi connectivity index (χ1n) is 9.25. The number of nitrogens with zero attached hydrogens (tertiary/aromatic N) is 1. The van der Waals surface area contributed by atoms with Crippen LogP contribution in [0.4, 0.5) is 0 Å². The fraction of sp³-hybridized carbons (Fsp3) is 0.684. The van der Waals surface area contributed by atoms with Gasteiger partial charge in [-0.3, -0.25) is 14.5 Å². The van der Waals surface area contributed by atoms with E-state index in [-0.39, 0.29) is 42.4 Å². The summed E-state index contributed by atoms with van der Waals surface area (Å²) < 4.78 is 4.83. The molecule has 0 aromatic carbocycles. The molecule has 1 atom stereocenters. The van der Waals surface area contributed by atoms with Crippen LogP contribution in [0.15, 0.2) is 12.3 Å². The number of hydrogen-bond acceptors (Lipinski definition) is 6. The van der Waals surface area contributed by atoms with Crippen molar-refractivity contribution in [2.75, 3.05) is 0 Å². The summed E-state index contributed by atoms with van der Waals surface area (Å²) in [7, 11) is 0. The van der Waals surface area contributed by atoms with Crippen molar-refractivity contribution in [3.05, 3.63) is 12.3 Å². The number of amides is 2. The predicted octanol–water partition coefficient (Wildman–Crippen LogP) is -0.908. The quantitative estimate of drug-likeness (QED) is 0.174. The standard InChI is InChI=1S/C19H31NO6.Na/c1-4-7-9-11-16(21)20(17(22)12-10-8-5-2)15(14-18(23)24)19(25)26-13-6-3;/h6,13,15H,4-5,7-12,14H2,1-3H3,(H,23,24);/q;+1/p-1/b13-6+;. The van der Waals surface area contributed by atoms with Gasteiger partial charge >= 0.3 is 35.5 Å². The Hall–Kier alpha value is -1.18. The van der Waals surface area contributed by atoms with Crippen molar-refractivity contribution >= 4 is 23.8 Å². The second kappa shape index (κ2) is 17.0. The number of esters is 1. The summed E-state index contributed by atoms with van der Waals surface area (Å²) in [5.41, 5.74) is 0. The molecule has 0 aliphatic rings. The number of allylic oxidation sites excluding steroid dienone is 1. The van der Waals surface area contributed by atoms with Gasteiger partial charge in [-0.2, -0.15) is 0 Å². The Morgan fingerprint density at radius 2 is 1.44 bits per heavy atom. The molecule has 0 radical (unpaired) electrons. The molecular formula is C19H30NNaO6. The molecule has 0 bridgehead atoms. The summed E-state index contributed by atoms with van der Waals surface area (Å²) in [6.07, 6.45) is 6.43. The van der Waals surface area contributed by atoms with E-state index in [9.17, 15) is 24.3 Å². The molecule has 0 aliphatic heterocycles. The van der Waals surface area contributed by atoms with Crippen LogP contribution in [0, 0.1) is 0 Å². The Morgan fingerprint density at radius 3 is 1.81 bits per heavy atom. The van der Waals surface area contributed by atoms with E-state index in [4.69, 9.17) is 4.74 Å². The molecule has 8 heteroatoms. The molecule has 0 saturated heterocycles. The molecule has 0 heterocycles. The molecule has 2 amide bonds. The molecule has 0 spiro atoms. The van der Waals surface area contributed by atoms with Gasteiger partial charge < -0.3 is 14.6 Å². The largest absolute Gasteiger partial charge is 1.00 e. The zero-order valence-corrected chi connectivity index (χ0v) is 19.0. The third kappa shape index (κ3) is 12.0. The number of hydrogen-bond donors (Lipinski definition) is 0. The van der Waals surface area contributed by atoms with Crippen molar-refractivity contribution in [1.82, 2.24) is 4.90 Å². The average Bonchev–Trinajstić information content (AvgIpc) is 2.59. The maximum Gasteiger partial charge on any atom is 1.00 e. The van der Waals surface area contributed by atoms with Crippen LogP contribution < -0.4 is 34.7 Å². The van der Waals surface area contributed by atoms with Crippen LogP contribution in [0.25, 0.3) is 0 Å². The number of imide groups is 1. The SMILES string of the molecule is C/C=C/OC(=O)C(CC(=O)[O-])N(C(=O)CCCCC)C(=O)CCCCC.[Na+]. The Balaban J connectivity index is 0. The van der Waals surface area contributed by atoms with Gasteiger partial charge in [0.05, 0.1) is 6.26 Å². The fourth-order valence-corrected chi connectivity index (χ4v) is 2.43. The normalized spacial score (nSPS) is 11.5. The molecule has 148 valence electrons. The van der Waals surface area contributed by atoms with E-state index in [2.05, 4.69) is 0 Å². The van der Waals surface area contributed by atoms with E-state index >= 15 is 0 Å². The Labute approximate surface area is 183 Å². The van der Waals surface area contributed by atoms with Crippen LogP contribution in [0.1, 0.15) is 78.6 Å². The van der Waals surface area contributed by atoms with Crippen molar-refractivity contribution in [1.29, 1.82) is 0 Å². The second-order valence-corrected chi connectivity index (χ2v) is 6.07. The summed E-state index contributed by atoms with van der Waals surface area (Å²) in [5.74, 6) is -3.59. The minimum atomic E-state index is -1.53. The molecule has 7 nitrogen and oxygen atoms in total. The Morgan fingerprint density at radius 1 is 0.963 bits per heavy atom. The van der Waals surface area contributed by atoms with Crippen LogP contribution in [0.3, 0.4) is 0 Å². The van der Waals surface area contributed by atoms with E-state index in [1.165, 1.54) is 6.08 Å². The van der Waals surface area contributed by atoms with Crippen LogP contribution in [-0.2, 0) is 23.9 Å². The predicted molar refractivity (Wildman–Crippen MR) is 94.5 cm³/mol. The van der Waals surface area contributed by atoms with Gasteiger partial charge in [-0.25, -0.2) is 4.79 Å². The molecule has 0 aliphatic carbocycles. The Bertz CT molecular complexity index is 484. The topological polar surface area (TPSA) is 104 Å². The van der Waals surface area contributed by atoms with Gasteiger partial charge in [0.2, 0.25) is 11.8 Å². The first-order valence-corrected chi connectivity index (χ1v) is 9.25. The number of ether oxygens (including phenoxy) is 1. The van der Waals surface area contributed by atoms with Gasteiger partial charge in [-0.05, 0) is 19.8 Å². The minimum Gasteiger partial charge on any atom is -0.550 e. The maximum absolute atomic E-state index is 12.6. The number of carbonyl (C=O) groups excluding carboxylic acids is 4. The second-order valence-electron chi connectivity index (χ2n) is 6.07. The molecule has 0 aromatic rings. The molecule has 0 aromatic heterocycles. The van der Waals surface area contributed by atoms with Crippen LogP contribution >= 0.6 is 0 Å². The van der Waals surface area contributed by atoms with Gasteiger partial charge in [-0.1, -0.05) is 45.6 Å². The minimum absolute atomic E-state index is 0. The monoisotopic (exact) mass is 391 g/mol. The number of rotatable bonds is 13. The van der Waals surface area contributed by atoms with Gasteiger partial charge in [0.15, 0.2) is 0 Å². The smallest absolute Gasteiger partial charge is 0.550 e. The van der Waals surface area contributed by atoms with Crippen LogP contribution in [0.5, 0.6) is 0 Å². The molecular weight excluding hydrogens is 361 g/mol. The van der Waals surface area contributed by atoms with Crippen molar-refractivity contribution in [2.45, 2.75) is 84.6 Å². The van der Waals surface area contributed by atoms with Gasteiger partial charge in [0.25, 0.3) is 0 Å². The molecule has 0 N–H and O–H groups in total. The average molecular weight is 391 g/mol. The van der Waals surface area contributed by atoms with E-state index in [0.29, 0.717) is 12.8 Å². The summed E-state index contributed by atoms with van der Waals surface area (Å²) >= 11 is 0. The number of carbonyl (C=O) groups is 4. The molecule has 0 rings (SSSR count). The molecule has 1 unspecified atom stereocenters. The zero-order chi connectivity index (χ0) is 19.9. The maximum atomic E-state index is 12.6. The zero-order valence-electron chi connectivity index (χ0n) is 17.0. The Kier molecular flexibility index (Phi) is 17.6. The van der Waals surface area contributed by atoms with E-state index in [1.807, 2.05) is 13.8 Å².